The molecule has 100 valence electrons. The lowest BCUT2D eigenvalue weighted by Crippen LogP contribution is -2.43. The second-order valence-corrected chi connectivity index (χ2v) is 5.56. The minimum atomic E-state index is -0.262. The Morgan fingerprint density at radius 2 is 2.16 bits per heavy atom. The molecule has 1 aliphatic heterocycles. The normalized spacial score (nSPS) is 25.4. The first kappa shape index (κ1) is 12.6. The van der Waals surface area contributed by atoms with Crippen LogP contribution >= 0.6 is 0 Å². The van der Waals surface area contributed by atoms with Gasteiger partial charge in [0.25, 0.3) is 0 Å². The van der Waals surface area contributed by atoms with Gasteiger partial charge in [-0.3, -0.25) is 4.98 Å². The third kappa shape index (κ3) is 2.36. The second-order valence-electron chi connectivity index (χ2n) is 5.56. The lowest BCUT2D eigenvalue weighted by Gasteiger charge is -2.38. The molecule has 3 heteroatoms. The molecule has 0 saturated carbocycles. The summed E-state index contributed by atoms with van der Waals surface area (Å²) in [6.07, 6.45) is 5.22. The summed E-state index contributed by atoms with van der Waals surface area (Å²) in [7, 11) is 0. The van der Waals surface area contributed by atoms with Gasteiger partial charge in [0.1, 0.15) is 0 Å². The van der Waals surface area contributed by atoms with Crippen molar-refractivity contribution in [3.63, 3.8) is 0 Å². The Labute approximate surface area is 113 Å². The number of nitrogens with two attached hydrogens (primary N) is 1. The number of aromatic nitrogens is 1. The van der Waals surface area contributed by atoms with Gasteiger partial charge < -0.3 is 10.5 Å². The van der Waals surface area contributed by atoms with Gasteiger partial charge in [-0.05, 0) is 43.9 Å². The van der Waals surface area contributed by atoms with Crippen LogP contribution in [0.15, 0.2) is 36.5 Å². The van der Waals surface area contributed by atoms with Crippen LogP contribution in [-0.2, 0) is 4.74 Å². The van der Waals surface area contributed by atoms with Crippen LogP contribution in [0.5, 0.6) is 0 Å². The molecule has 0 bridgehead atoms. The van der Waals surface area contributed by atoms with Crippen molar-refractivity contribution in [2.75, 3.05) is 6.61 Å². The number of pyridine rings is 1. The van der Waals surface area contributed by atoms with Crippen LogP contribution in [0.3, 0.4) is 0 Å². The van der Waals surface area contributed by atoms with Gasteiger partial charge in [-0.25, -0.2) is 0 Å². The summed E-state index contributed by atoms with van der Waals surface area (Å²) in [4.78, 5) is 4.49. The fourth-order valence-corrected chi connectivity index (χ4v) is 2.81. The number of benzene rings is 1. The largest absolute Gasteiger partial charge is 0.373 e. The first-order valence-electron chi connectivity index (χ1n) is 6.93. The van der Waals surface area contributed by atoms with E-state index in [-0.39, 0.29) is 11.6 Å². The molecule has 1 saturated heterocycles. The van der Waals surface area contributed by atoms with Gasteiger partial charge in [0.05, 0.1) is 17.2 Å². The maximum atomic E-state index is 6.43. The van der Waals surface area contributed by atoms with Crippen molar-refractivity contribution in [2.45, 2.75) is 37.8 Å². The van der Waals surface area contributed by atoms with Gasteiger partial charge >= 0.3 is 0 Å². The molecule has 1 fully saturated rings. The van der Waals surface area contributed by atoms with Crippen LogP contribution in [0.4, 0.5) is 0 Å². The molecular formula is C16H20N2O. The molecule has 0 radical (unpaired) electrons. The van der Waals surface area contributed by atoms with E-state index in [4.69, 9.17) is 10.5 Å². The van der Waals surface area contributed by atoms with Crippen molar-refractivity contribution in [1.29, 1.82) is 0 Å². The first-order valence-corrected chi connectivity index (χ1v) is 6.93. The van der Waals surface area contributed by atoms with E-state index in [0.29, 0.717) is 0 Å². The highest BCUT2D eigenvalue weighted by Crippen LogP contribution is 2.35. The smallest absolute Gasteiger partial charge is 0.0846 e. The van der Waals surface area contributed by atoms with E-state index in [0.717, 1.165) is 35.9 Å². The van der Waals surface area contributed by atoms with Crippen LogP contribution in [0.25, 0.3) is 10.9 Å². The standard InChI is InChI=1S/C16H20N2O/c1-16(8-4-5-9-19-16)15(17)13-10-12-6-2-3-7-14(12)18-11-13/h2-3,6-7,10-11,15H,4-5,8-9,17H2,1H3. The molecule has 1 aromatic heterocycles. The Morgan fingerprint density at radius 3 is 2.95 bits per heavy atom. The van der Waals surface area contributed by atoms with Gasteiger partial charge in [0.2, 0.25) is 0 Å². The summed E-state index contributed by atoms with van der Waals surface area (Å²) in [5.74, 6) is 0. The van der Waals surface area contributed by atoms with Crippen molar-refractivity contribution in [3.05, 3.63) is 42.1 Å². The fourth-order valence-electron chi connectivity index (χ4n) is 2.81. The molecule has 2 N–H and O–H groups in total. The summed E-state index contributed by atoms with van der Waals surface area (Å²) >= 11 is 0. The highest BCUT2D eigenvalue weighted by Gasteiger charge is 2.35. The molecule has 2 heterocycles. The summed E-state index contributed by atoms with van der Waals surface area (Å²) < 4.78 is 5.94. The van der Waals surface area contributed by atoms with Crippen LogP contribution in [0.1, 0.15) is 37.8 Å². The van der Waals surface area contributed by atoms with Crippen molar-refractivity contribution >= 4 is 10.9 Å². The number of hydrogen-bond acceptors (Lipinski definition) is 3. The highest BCUT2D eigenvalue weighted by molar-refractivity contribution is 5.78. The van der Waals surface area contributed by atoms with Crippen molar-refractivity contribution < 1.29 is 4.74 Å². The van der Waals surface area contributed by atoms with E-state index in [2.05, 4.69) is 24.0 Å². The number of rotatable bonds is 2. The Hall–Kier alpha value is -1.45. The first-order chi connectivity index (χ1) is 9.19. The van der Waals surface area contributed by atoms with Crippen molar-refractivity contribution in [3.8, 4) is 0 Å². The molecule has 0 spiro atoms. The molecule has 1 aliphatic rings. The van der Waals surface area contributed by atoms with E-state index in [1.165, 1.54) is 6.42 Å². The number of nitrogens with zero attached hydrogens (tertiary/aromatic N) is 1. The molecule has 0 aliphatic carbocycles. The molecule has 1 aromatic carbocycles. The zero-order valence-corrected chi connectivity index (χ0v) is 11.3. The van der Waals surface area contributed by atoms with E-state index in [1.807, 2.05) is 24.4 Å². The molecule has 2 unspecified atom stereocenters. The average molecular weight is 256 g/mol. The van der Waals surface area contributed by atoms with Crippen molar-refractivity contribution in [2.24, 2.45) is 5.73 Å². The Morgan fingerprint density at radius 1 is 1.32 bits per heavy atom. The molecule has 19 heavy (non-hydrogen) atoms. The number of ether oxygens (including phenoxy) is 1. The Bertz CT molecular complexity index is 576. The average Bonchev–Trinajstić information content (AvgIpc) is 2.47. The number of para-hydroxylation sites is 1. The predicted octanol–water partition coefficient (Wildman–Crippen LogP) is 3.19. The van der Waals surface area contributed by atoms with Gasteiger partial charge in [-0.2, -0.15) is 0 Å². The van der Waals surface area contributed by atoms with Gasteiger partial charge in [-0.15, -0.1) is 0 Å². The third-order valence-electron chi connectivity index (χ3n) is 4.13. The predicted molar refractivity (Wildman–Crippen MR) is 76.9 cm³/mol. The van der Waals surface area contributed by atoms with Crippen LogP contribution in [0.2, 0.25) is 0 Å². The van der Waals surface area contributed by atoms with E-state index in [1.54, 1.807) is 0 Å². The molecule has 3 rings (SSSR count). The third-order valence-corrected chi connectivity index (χ3v) is 4.13. The topological polar surface area (TPSA) is 48.1 Å². The lowest BCUT2D eigenvalue weighted by atomic mass is 9.85. The highest BCUT2D eigenvalue weighted by atomic mass is 16.5. The maximum absolute atomic E-state index is 6.43. The monoisotopic (exact) mass is 256 g/mol. The zero-order valence-electron chi connectivity index (χ0n) is 11.3. The zero-order chi connectivity index (χ0) is 13.3. The van der Waals surface area contributed by atoms with E-state index >= 15 is 0 Å². The SMILES string of the molecule is CC1(C(N)c2cnc3ccccc3c2)CCCCO1. The van der Waals surface area contributed by atoms with Crippen LogP contribution in [0, 0.1) is 0 Å². The molecular weight excluding hydrogens is 236 g/mol. The molecule has 2 aromatic rings. The lowest BCUT2D eigenvalue weighted by molar-refractivity contribution is -0.0821. The minimum absolute atomic E-state index is 0.120. The van der Waals surface area contributed by atoms with Crippen molar-refractivity contribution in [1.82, 2.24) is 4.98 Å². The summed E-state index contributed by atoms with van der Waals surface area (Å²) in [5.41, 5.74) is 8.23. The molecule has 2 atom stereocenters. The maximum Gasteiger partial charge on any atom is 0.0846 e. The molecule has 3 nitrogen and oxygen atoms in total. The van der Waals surface area contributed by atoms with E-state index in [9.17, 15) is 0 Å². The summed E-state index contributed by atoms with van der Waals surface area (Å²) in [6, 6.07) is 10.1. The van der Waals surface area contributed by atoms with E-state index < -0.39 is 0 Å². The fraction of sp³-hybridized carbons (Fsp3) is 0.438. The van der Waals surface area contributed by atoms with Gasteiger partial charge in [0.15, 0.2) is 0 Å². The summed E-state index contributed by atoms with van der Waals surface area (Å²) in [5, 5.41) is 1.13. The quantitative estimate of drug-likeness (QED) is 0.897. The number of fused-ring (bicyclic) bond motifs is 1. The second kappa shape index (κ2) is 4.91. The Kier molecular flexibility index (Phi) is 3.25. The van der Waals surface area contributed by atoms with Gasteiger partial charge in [-0.1, -0.05) is 18.2 Å². The minimum Gasteiger partial charge on any atom is -0.373 e. The van der Waals surface area contributed by atoms with Crippen LogP contribution < -0.4 is 5.73 Å². The van der Waals surface area contributed by atoms with Gasteiger partial charge in [0, 0.05) is 18.2 Å². The number of hydrogen-bond donors (Lipinski definition) is 1. The summed E-state index contributed by atoms with van der Waals surface area (Å²) in [6.45, 7) is 2.93. The Balaban J connectivity index is 1.94. The molecule has 0 amide bonds. The van der Waals surface area contributed by atoms with Crippen LogP contribution in [-0.4, -0.2) is 17.2 Å².